The minimum atomic E-state index is -1.15. The monoisotopic (exact) mass is 345 g/mol. The summed E-state index contributed by atoms with van der Waals surface area (Å²) in [5.74, 6) is -1.43. The molecular formula is C13H13BrClNO3. The van der Waals surface area contributed by atoms with Gasteiger partial charge in [0.05, 0.1) is 10.6 Å². The van der Waals surface area contributed by atoms with Crippen LogP contribution in [-0.2, 0) is 4.79 Å². The van der Waals surface area contributed by atoms with Gasteiger partial charge >= 0.3 is 5.97 Å². The Morgan fingerprint density at radius 1 is 1.32 bits per heavy atom. The first kappa shape index (κ1) is 14.3. The Hall–Kier alpha value is -1.07. The van der Waals surface area contributed by atoms with E-state index in [1.54, 1.807) is 18.2 Å². The number of carbonyl (C=O) groups excluding carboxylic acids is 1. The lowest BCUT2D eigenvalue weighted by molar-refractivity contribution is -0.144. The molecule has 0 radical (unpaired) electrons. The summed E-state index contributed by atoms with van der Waals surface area (Å²) >= 11 is 9.24. The molecule has 19 heavy (non-hydrogen) atoms. The molecule has 2 N–H and O–H groups in total. The zero-order valence-corrected chi connectivity index (χ0v) is 12.4. The molecule has 102 valence electrons. The Balaban J connectivity index is 2.25. The fraction of sp³-hybridized carbons (Fsp3) is 0.385. The van der Waals surface area contributed by atoms with E-state index in [4.69, 9.17) is 11.6 Å². The quantitative estimate of drug-likeness (QED) is 0.883. The number of carboxylic acid groups (broad SMARTS) is 1. The summed E-state index contributed by atoms with van der Waals surface area (Å²) in [6.07, 6.45) is 2.52. The van der Waals surface area contributed by atoms with E-state index < -0.39 is 17.4 Å². The number of benzene rings is 1. The van der Waals surface area contributed by atoms with Crippen molar-refractivity contribution < 1.29 is 14.7 Å². The number of amides is 1. The van der Waals surface area contributed by atoms with Crippen molar-refractivity contribution in [2.75, 3.05) is 0 Å². The predicted octanol–water partition coefficient (Wildman–Crippen LogP) is 3.23. The summed E-state index contributed by atoms with van der Waals surface area (Å²) < 4.78 is 0.720. The number of hydrogen-bond donors (Lipinski definition) is 2. The highest BCUT2D eigenvalue weighted by Gasteiger charge is 2.42. The van der Waals surface area contributed by atoms with Crippen molar-refractivity contribution in [1.29, 1.82) is 0 Å². The van der Waals surface area contributed by atoms with Crippen LogP contribution >= 0.6 is 27.5 Å². The summed E-state index contributed by atoms with van der Waals surface area (Å²) in [7, 11) is 0. The van der Waals surface area contributed by atoms with E-state index in [0.717, 1.165) is 17.3 Å². The summed E-state index contributed by atoms with van der Waals surface area (Å²) in [6, 6.07) is 4.91. The van der Waals surface area contributed by atoms with Crippen LogP contribution in [0.1, 0.15) is 36.0 Å². The van der Waals surface area contributed by atoms with Gasteiger partial charge in [-0.15, -0.1) is 0 Å². The Kier molecular flexibility index (Phi) is 4.16. The molecule has 0 heterocycles. The number of carbonyl (C=O) groups is 2. The number of carboxylic acids is 1. The molecule has 0 saturated heterocycles. The molecule has 2 rings (SSSR count). The molecule has 0 aliphatic heterocycles. The number of aliphatic carboxylic acids is 1. The topological polar surface area (TPSA) is 66.4 Å². The molecule has 0 aromatic heterocycles. The molecule has 0 atom stereocenters. The second kappa shape index (κ2) is 5.51. The molecule has 1 aromatic carbocycles. The Bertz CT molecular complexity index is 527. The van der Waals surface area contributed by atoms with E-state index in [1.807, 2.05) is 0 Å². The molecule has 1 aliphatic carbocycles. The van der Waals surface area contributed by atoms with Crippen molar-refractivity contribution >= 4 is 39.4 Å². The van der Waals surface area contributed by atoms with Crippen LogP contribution in [0.2, 0.25) is 5.02 Å². The van der Waals surface area contributed by atoms with Crippen molar-refractivity contribution in [2.24, 2.45) is 0 Å². The fourth-order valence-electron chi connectivity index (χ4n) is 2.33. The normalized spacial score (nSPS) is 17.2. The van der Waals surface area contributed by atoms with Crippen molar-refractivity contribution in [1.82, 2.24) is 5.32 Å². The summed E-state index contributed by atoms with van der Waals surface area (Å²) in [6.45, 7) is 0. The Morgan fingerprint density at radius 3 is 2.53 bits per heavy atom. The van der Waals surface area contributed by atoms with Gasteiger partial charge in [0.1, 0.15) is 5.54 Å². The van der Waals surface area contributed by atoms with Gasteiger partial charge in [-0.05, 0) is 31.0 Å². The first-order valence-corrected chi connectivity index (χ1v) is 7.13. The largest absolute Gasteiger partial charge is 0.480 e. The van der Waals surface area contributed by atoms with Gasteiger partial charge in [0, 0.05) is 4.47 Å². The van der Waals surface area contributed by atoms with Gasteiger partial charge in [-0.1, -0.05) is 40.4 Å². The second-order valence-electron chi connectivity index (χ2n) is 4.67. The molecule has 1 aromatic rings. The van der Waals surface area contributed by atoms with Crippen LogP contribution < -0.4 is 5.32 Å². The van der Waals surface area contributed by atoms with Crippen LogP contribution in [0.5, 0.6) is 0 Å². The number of rotatable bonds is 3. The van der Waals surface area contributed by atoms with Gasteiger partial charge in [-0.25, -0.2) is 4.79 Å². The average Bonchev–Trinajstić information content (AvgIpc) is 2.82. The van der Waals surface area contributed by atoms with Crippen LogP contribution in [0.3, 0.4) is 0 Å². The number of nitrogens with one attached hydrogen (secondary N) is 1. The van der Waals surface area contributed by atoms with Crippen molar-refractivity contribution in [3.05, 3.63) is 33.3 Å². The third kappa shape index (κ3) is 2.92. The standard InChI is InChI=1S/C13H13BrClNO3/c14-8-3-4-10(15)9(7-8)11(17)16-13(12(18)19)5-1-2-6-13/h3-4,7H,1-2,5-6H2,(H,16,17)(H,18,19). The van der Waals surface area contributed by atoms with Crippen LogP contribution in [0, 0.1) is 0 Å². The number of hydrogen-bond acceptors (Lipinski definition) is 2. The van der Waals surface area contributed by atoms with E-state index in [-0.39, 0.29) is 5.56 Å². The van der Waals surface area contributed by atoms with Crippen LogP contribution in [0.25, 0.3) is 0 Å². The molecule has 1 fully saturated rings. The molecule has 0 bridgehead atoms. The third-order valence-electron chi connectivity index (χ3n) is 3.39. The van der Waals surface area contributed by atoms with E-state index in [1.165, 1.54) is 0 Å². The maximum atomic E-state index is 12.2. The Morgan fingerprint density at radius 2 is 1.95 bits per heavy atom. The smallest absolute Gasteiger partial charge is 0.329 e. The zero-order chi connectivity index (χ0) is 14.0. The van der Waals surface area contributed by atoms with Crippen LogP contribution in [-0.4, -0.2) is 22.5 Å². The van der Waals surface area contributed by atoms with Crippen molar-refractivity contribution in [3.8, 4) is 0 Å². The molecular weight excluding hydrogens is 334 g/mol. The summed E-state index contributed by atoms with van der Waals surface area (Å²) in [4.78, 5) is 23.6. The molecule has 0 unspecified atom stereocenters. The fourth-order valence-corrected chi connectivity index (χ4v) is 2.89. The molecule has 1 amide bonds. The van der Waals surface area contributed by atoms with E-state index >= 15 is 0 Å². The SMILES string of the molecule is O=C(NC1(C(=O)O)CCCC1)c1cc(Br)ccc1Cl. The summed E-state index contributed by atoms with van der Waals surface area (Å²) in [5.41, 5.74) is -0.869. The molecule has 1 saturated carbocycles. The lowest BCUT2D eigenvalue weighted by Crippen LogP contribution is -2.52. The van der Waals surface area contributed by atoms with E-state index in [0.29, 0.717) is 17.9 Å². The van der Waals surface area contributed by atoms with Crippen LogP contribution in [0.15, 0.2) is 22.7 Å². The van der Waals surface area contributed by atoms with Gasteiger partial charge in [0.25, 0.3) is 5.91 Å². The van der Waals surface area contributed by atoms with E-state index in [9.17, 15) is 14.7 Å². The highest BCUT2D eigenvalue weighted by molar-refractivity contribution is 9.10. The average molecular weight is 347 g/mol. The van der Waals surface area contributed by atoms with Gasteiger partial charge in [0.15, 0.2) is 0 Å². The Labute approximate surface area is 124 Å². The zero-order valence-electron chi connectivity index (χ0n) is 10.1. The first-order valence-electron chi connectivity index (χ1n) is 5.95. The maximum Gasteiger partial charge on any atom is 0.329 e. The molecule has 1 aliphatic rings. The van der Waals surface area contributed by atoms with Crippen LogP contribution in [0.4, 0.5) is 0 Å². The van der Waals surface area contributed by atoms with Crippen molar-refractivity contribution in [2.45, 2.75) is 31.2 Å². The lowest BCUT2D eigenvalue weighted by Gasteiger charge is -2.25. The molecule has 4 nitrogen and oxygen atoms in total. The van der Waals surface area contributed by atoms with Gasteiger partial charge in [0.2, 0.25) is 0 Å². The highest BCUT2D eigenvalue weighted by Crippen LogP contribution is 2.31. The van der Waals surface area contributed by atoms with Gasteiger partial charge in [-0.3, -0.25) is 4.79 Å². The van der Waals surface area contributed by atoms with E-state index in [2.05, 4.69) is 21.2 Å². The third-order valence-corrected chi connectivity index (χ3v) is 4.22. The number of halogens is 2. The maximum absolute atomic E-state index is 12.2. The molecule has 0 spiro atoms. The predicted molar refractivity (Wildman–Crippen MR) is 75.5 cm³/mol. The molecule has 6 heteroatoms. The highest BCUT2D eigenvalue weighted by atomic mass is 79.9. The van der Waals surface area contributed by atoms with Gasteiger partial charge < -0.3 is 10.4 Å². The van der Waals surface area contributed by atoms with Crippen molar-refractivity contribution in [3.63, 3.8) is 0 Å². The summed E-state index contributed by atoms with van der Waals surface area (Å²) in [5, 5.41) is 12.3. The second-order valence-corrected chi connectivity index (χ2v) is 6.00. The minimum Gasteiger partial charge on any atom is -0.480 e. The minimum absolute atomic E-state index is 0.281. The van der Waals surface area contributed by atoms with Gasteiger partial charge in [-0.2, -0.15) is 0 Å². The lowest BCUT2D eigenvalue weighted by atomic mass is 9.97. The first-order chi connectivity index (χ1) is 8.94.